The second-order valence-corrected chi connectivity index (χ2v) is 9.48. The number of esters is 2. The Labute approximate surface area is 204 Å². The highest BCUT2D eigenvalue weighted by Gasteiger charge is 2.09. The summed E-state index contributed by atoms with van der Waals surface area (Å²) in [5.74, 6) is -0.661. The first-order valence-corrected chi connectivity index (χ1v) is 13.5. The zero-order valence-corrected chi connectivity index (χ0v) is 21.6. The Hall–Kier alpha value is -1.36. The predicted octanol–water partition coefficient (Wildman–Crippen LogP) is 7.95. The Morgan fingerprint density at radius 2 is 1.22 bits per heavy atom. The normalized spacial score (nSPS) is 10.8. The van der Waals surface area contributed by atoms with Crippen LogP contribution in [-0.4, -0.2) is 25.2 Å². The summed E-state index contributed by atoms with van der Waals surface area (Å²) in [5.41, 5.74) is 1.10. The van der Waals surface area contributed by atoms with E-state index in [9.17, 15) is 9.59 Å². The van der Waals surface area contributed by atoms with Gasteiger partial charge in [0.15, 0.2) is 0 Å². The van der Waals surface area contributed by atoms with Crippen LogP contribution in [-0.2, 0) is 25.5 Å². The van der Waals surface area contributed by atoms with E-state index in [-0.39, 0.29) is 24.8 Å². The van der Waals surface area contributed by atoms with E-state index >= 15 is 0 Å². The van der Waals surface area contributed by atoms with Crippen LogP contribution in [0.4, 0.5) is 0 Å². The molecule has 4 nitrogen and oxygen atoms in total. The van der Waals surface area contributed by atoms with Crippen LogP contribution < -0.4 is 0 Å². The minimum Gasteiger partial charge on any atom is -0.466 e. The third-order valence-corrected chi connectivity index (χ3v) is 6.08. The number of hydrogen-bond acceptors (Lipinski definition) is 4. The molecule has 0 unspecified atom stereocenters. The molecular formula is C27H43BrO4. The van der Waals surface area contributed by atoms with Crippen LogP contribution in [0.3, 0.4) is 0 Å². The van der Waals surface area contributed by atoms with E-state index in [2.05, 4.69) is 22.9 Å². The molecule has 32 heavy (non-hydrogen) atoms. The zero-order valence-electron chi connectivity index (χ0n) is 20.0. The van der Waals surface area contributed by atoms with Gasteiger partial charge in [-0.15, -0.1) is 0 Å². The molecule has 0 bridgehead atoms. The SMILES string of the molecule is CCCCCCCCCCCCCCCOC(=O)CCC(=O)OCCc1cccc(Br)c1. The van der Waals surface area contributed by atoms with E-state index in [1.54, 1.807) is 0 Å². The molecule has 0 heterocycles. The molecule has 1 aromatic carbocycles. The highest BCUT2D eigenvalue weighted by Crippen LogP contribution is 2.13. The number of unbranched alkanes of at least 4 members (excludes halogenated alkanes) is 12. The van der Waals surface area contributed by atoms with E-state index in [0.29, 0.717) is 19.6 Å². The third-order valence-electron chi connectivity index (χ3n) is 5.59. The summed E-state index contributed by atoms with van der Waals surface area (Å²) in [6, 6.07) is 7.90. The highest BCUT2D eigenvalue weighted by molar-refractivity contribution is 9.10. The summed E-state index contributed by atoms with van der Waals surface area (Å²) in [6.07, 6.45) is 17.6. The summed E-state index contributed by atoms with van der Waals surface area (Å²) >= 11 is 3.42. The first-order chi connectivity index (χ1) is 15.6. The van der Waals surface area contributed by atoms with Crippen molar-refractivity contribution in [2.75, 3.05) is 13.2 Å². The number of halogens is 1. The van der Waals surface area contributed by atoms with Gasteiger partial charge in [-0.25, -0.2) is 0 Å². The van der Waals surface area contributed by atoms with Crippen molar-refractivity contribution in [3.63, 3.8) is 0 Å². The molecule has 1 aromatic rings. The molecule has 0 amide bonds. The van der Waals surface area contributed by atoms with Gasteiger partial charge in [0.1, 0.15) is 0 Å². The molecule has 0 radical (unpaired) electrons. The second-order valence-electron chi connectivity index (χ2n) is 8.56. The number of carbonyl (C=O) groups is 2. The Morgan fingerprint density at radius 1 is 0.719 bits per heavy atom. The second kappa shape index (κ2) is 20.3. The lowest BCUT2D eigenvalue weighted by atomic mass is 10.0. The predicted molar refractivity (Wildman–Crippen MR) is 135 cm³/mol. The molecule has 182 valence electrons. The van der Waals surface area contributed by atoms with E-state index in [0.717, 1.165) is 22.9 Å². The lowest BCUT2D eigenvalue weighted by Crippen LogP contribution is -2.12. The number of ether oxygens (including phenoxy) is 2. The fourth-order valence-corrected chi connectivity index (χ4v) is 4.08. The van der Waals surface area contributed by atoms with Gasteiger partial charge < -0.3 is 9.47 Å². The maximum Gasteiger partial charge on any atom is 0.306 e. The van der Waals surface area contributed by atoms with Crippen LogP contribution >= 0.6 is 15.9 Å². The summed E-state index contributed by atoms with van der Waals surface area (Å²) in [4.78, 5) is 23.5. The molecule has 0 aromatic heterocycles. The minimum absolute atomic E-state index is 0.0793. The third kappa shape index (κ3) is 17.2. The molecule has 5 heteroatoms. The van der Waals surface area contributed by atoms with Gasteiger partial charge in [0.05, 0.1) is 26.1 Å². The van der Waals surface area contributed by atoms with Crippen molar-refractivity contribution >= 4 is 27.9 Å². The maximum atomic E-state index is 11.8. The summed E-state index contributed by atoms with van der Waals surface area (Å²) < 4.78 is 11.4. The van der Waals surface area contributed by atoms with E-state index < -0.39 is 0 Å². The standard InChI is InChI=1S/C27H43BrO4/c1-2-3-4-5-6-7-8-9-10-11-12-13-14-21-31-26(29)18-19-27(30)32-22-20-24-16-15-17-25(28)23-24/h15-17,23H,2-14,18-22H2,1H3. The monoisotopic (exact) mass is 510 g/mol. The molecule has 0 saturated carbocycles. The fourth-order valence-electron chi connectivity index (χ4n) is 3.63. The summed E-state index contributed by atoms with van der Waals surface area (Å²) in [6.45, 7) is 3.04. The lowest BCUT2D eigenvalue weighted by molar-refractivity contribution is -0.150. The van der Waals surface area contributed by atoms with Crippen LogP contribution in [0, 0.1) is 0 Å². The van der Waals surface area contributed by atoms with Crippen molar-refractivity contribution < 1.29 is 19.1 Å². The minimum atomic E-state index is -0.349. The van der Waals surface area contributed by atoms with Crippen LogP contribution in [0.15, 0.2) is 28.7 Å². The Kier molecular flexibility index (Phi) is 18.2. The molecule has 0 N–H and O–H groups in total. The van der Waals surface area contributed by atoms with Crippen molar-refractivity contribution in [2.45, 2.75) is 110 Å². The molecule has 0 spiro atoms. The highest BCUT2D eigenvalue weighted by atomic mass is 79.9. The van der Waals surface area contributed by atoms with Crippen LogP contribution in [0.1, 0.15) is 109 Å². The summed E-state index contributed by atoms with van der Waals surface area (Å²) in [7, 11) is 0. The van der Waals surface area contributed by atoms with Crippen molar-refractivity contribution in [1.29, 1.82) is 0 Å². The van der Waals surface area contributed by atoms with E-state index in [1.165, 1.54) is 70.6 Å². The smallest absolute Gasteiger partial charge is 0.306 e. The Balaban J connectivity index is 1.85. The van der Waals surface area contributed by atoms with Gasteiger partial charge >= 0.3 is 11.9 Å². The van der Waals surface area contributed by atoms with Crippen molar-refractivity contribution in [1.82, 2.24) is 0 Å². The number of rotatable bonds is 20. The van der Waals surface area contributed by atoms with Gasteiger partial charge in [0.25, 0.3) is 0 Å². The van der Waals surface area contributed by atoms with Crippen molar-refractivity contribution in [2.24, 2.45) is 0 Å². The molecule has 0 aliphatic rings. The quantitative estimate of drug-likeness (QED) is 0.132. The van der Waals surface area contributed by atoms with Crippen LogP contribution in [0.5, 0.6) is 0 Å². The first-order valence-electron chi connectivity index (χ1n) is 12.7. The number of carbonyl (C=O) groups excluding carboxylic acids is 2. The molecule has 0 aliphatic carbocycles. The van der Waals surface area contributed by atoms with Gasteiger partial charge in [-0.2, -0.15) is 0 Å². The Bertz CT molecular complexity index is 617. The molecular weight excluding hydrogens is 468 g/mol. The van der Waals surface area contributed by atoms with Crippen LogP contribution in [0.2, 0.25) is 0 Å². The maximum absolute atomic E-state index is 11.8. The first kappa shape index (κ1) is 28.7. The van der Waals surface area contributed by atoms with Crippen molar-refractivity contribution in [3.05, 3.63) is 34.3 Å². The molecule has 1 rings (SSSR count). The van der Waals surface area contributed by atoms with Gasteiger partial charge in [0.2, 0.25) is 0 Å². The van der Waals surface area contributed by atoms with Crippen molar-refractivity contribution in [3.8, 4) is 0 Å². The number of benzene rings is 1. The van der Waals surface area contributed by atoms with Gasteiger partial charge in [0, 0.05) is 10.9 Å². The van der Waals surface area contributed by atoms with E-state index in [4.69, 9.17) is 9.47 Å². The molecule has 0 atom stereocenters. The molecule has 0 aliphatic heterocycles. The van der Waals surface area contributed by atoms with Gasteiger partial charge in [-0.1, -0.05) is 112 Å². The van der Waals surface area contributed by atoms with Crippen LogP contribution in [0.25, 0.3) is 0 Å². The fraction of sp³-hybridized carbons (Fsp3) is 0.704. The topological polar surface area (TPSA) is 52.6 Å². The van der Waals surface area contributed by atoms with E-state index in [1.807, 2.05) is 24.3 Å². The molecule has 0 saturated heterocycles. The Morgan fingerprint density at radius 3 is 1.75 bits per heavy atom. The number of hydrogen-bond donors (Lipinski definition) is 0. The average Bonchev–Trinajstić information content (AvgIpc) is 2.78. The zero-order chi connectivity index (χ0) is 23.3. The largest absolute Gasteiger partial charge is 0.466 e. The summed E-state index contributed by atoms with van der Waals surface area (Å²) in [5, 5.41) is 0. The van der Waals surface area contributed by atoms with Gasteiger partial charge in [-0.3, -0.25) is 9.59 Å². The lowest BCUT2D eigenvalue weighted by Gasteiger charge is -2.07. The molecule has 0 fully saturated rings. The van der Waals surface area contributed by atoms with Gasteiger partial charge in [-0.05, 0) is 24.1 Å². The average molecular weight is 512 g/mol.